The van der Waals surface area contributed by atoms with Gasteiger partial charge >= 0.3 is 0 Å². The lowest BCUT2D eigenvalue weighted by Crippen LogP contribution is -2.61. The second kappa shape index (κ2) is 8.77. The molecule has 148 valence electrons. The van der Waals surface area contributed by atoms with Crippen LogP contribution in [-0.2, 0) is 16.0 Å². The Bertz CT molecular complexity index is 954. The molecule has 0 spiro atoms. The highest BCUT2D eigenvalue weighted by molar-refractivity contribution is 6.17. The Morgan fingerprint density at radius 3 is 2.21 bits per heavy atom. The van der Waals surface area contributed by atoms with Gasteiger partial charge in [0, 0.05) is 11.6 Å². The molecule has 2 aromatic rings. The number of hydrogen-bond acceptors (Lipinski definition) is 5. The van der Waals surface area contributed by atoms with E-state index in [9.17, 15) is 14.4 Å². The van der Waals surface area contributed by atoms with E-state index in [1.165, 1.54) is 6.08 Å². The van der Waals surface area contributed by atoms with Crippen LogP contribution in [0.2, 0.25) is 0 Å². The normalized spacial score (nSPS) is 21.4. The zero-order valence-corrected chi connectivity index (χ0v) is 15.8. The lowest BCUT2D eigenvalue weighted by Gasteiger charge is -2.35. The Kier molecular flexibility index (Phi) is 6.16. The molecular formula is C23H23N3O3. The van der Waals surface area contributed by atoms with Gasteiger partial charge in [0.05, 0.1) is 6.04 Å². The molecule has 0 saturated heterocycles. The van der Waals surface area contributed by atoms with Crippen LogP contribution < -0.4 is 16.8 Å². The van der Waals surface area contributed by atoms with E-state index in [-0.39, 0.29) is 6.42 Å². The summed E-state index contributed by atoms with van der Waals surface area (Å²) < 4.78 is 0. The summed E-state index contributed by atoms with van der Waals surface area (Å²) in [7, 11) is 0. The first-order chi connectivity index (χ1) is 13.9. The largest absolute Gasteiger partial charge is 0.323 e. The second-order valence-electron chi connectivity index (χ2n) is 6.95. The van der Waals surface area contributed by atoms with Gasteiger partial charge in [-0.2, -0.15) is 0 Å². The third-order valence-electron chi connectivity index (χ3n) is 5.00. The fraction of sp³-hybridized carbons (Fsp3) is 0.174. The quantitative estimate of drug-likeness (QED) is 0.512. The summed E-state index contributed by atoms with van der Waals surface area (Å²) >= 11 is 0. The number of carbonyl (C=O) groups is 3. The molecule has 5 N–H and O–H groups in total. The number of hydrogen-bond donors (Lipinski definition) is 3. The summed E-state index contributed by atoms with van der Waals surface area (Å²) in [5.41, 5.74) is 11.8. The molecule has 6 heteroatoms. The van der Waals surface area contributed by atoms with Crippen molar-refractivity contribution in [3.63, 3.8) is 0 Å². The average Bonchev–Trinajstić information content (AvgIpc) is 2.75. The molecule has 0 bridgehead atoms. The van der Waals surface area contributed by atoms with Crippen molar-refractivity contribution >= 4 is 17.6 Å². The Morgan fingerprint density at radius 2 is 1.59 bits per heavy atom. The highest BCUT2D eigenvalue weighted by Gasteiger charge is 2.50. The number of imide groups is 1. The Hall–Kier alpha value is -3.35. The molecule has 1 aliphatic rings. The molecule has 2 unspecified atom stereocenters. The molecule has 1 aliphatic carbocycles. The van der Waals surface area contributed by atoms with Crippen LogP contribution in [0.15, 0.2) is 85.0 Å². The molecule has 0 aromatic heterocycles. The van der Waals surface area contributed by atoms with Crippen molar-refractivity contribution < 1.29 is 14.4 Å². The van der Waals surface area contributed by atoms with E-state index in [1.54, 1.807) is 48.6 Å². The van der Waals surface area contributed by atoms with Crippen LogP contribution >= 0.6 is 0 Å². The molecule has 0 radical (unpaired) electrons. The summed E-state index contributed by atoms with van der Waals surface area (Å²) in [6.45, 7) is 0. The molecule has 2 amide bonds. The van der Waals surface area contributed by atoms with Crippen LogP contribution in [0.25, 0.3) is 0 Å². The predicted octanol–water partition coefficient (Wildman–Crippen LogP) is 1.52. The highest BCUT2D eigenvalue weighted by atomic mass is 16.2. The van der Waals surface area contributed by atoms with Crippen molar-refractivity contribution in [1.29, 1.82) is 0 Å². The van der Waals surface area contributed by atoms with Gasteiger partial charge < -0.3 is 11.5 Å². The molecule has 29 heavy (non-hydrogen) atoms. The van der Waals surface area contributed by atoms with Gasteiger partial charge in [0.15, 0.2) is 5.78 Å². The van der Waals surface area contributed by atoms with E-state index in [4.69, 9.17) is 11.5 Å². The minimum atomic E-state index is -1.76. The van der Waals surface area contributed by atoms with Crippen molar-refractivity contribution in [3.8, 4) is 0 Å². The first-order valence-corrected chi connectivity index (χ1v) is 9.31. The first kappa shape index (κ1) is 20.4. The standard InChI is InChI=1S/C23H23N3O3/c24-18(15-16-9-3-1-4-10-16)20(27)23(14-8-7-13-19(23)25)22(29)26-21(28)17-11-5-2-6-12-17/h1-14,18-19H,15,24-25H2,(H,26,28,29)/t18-,19?,23?/m0/s1. The Labute approximate surface area is 169 Å². The smallest absolute Gasteiger partial charge is 0.257 e. The molecule has 0 aliphatic heterocycles. The Morgan fingerprint density at radius 1 is 0.966 bits per heavy atom. The topological polar surface area (TPSA) is 115 Å². The zero-order valence-electron chi connectivity index (χ0n) is 15.8. The minimum absolute atomic E-state index is 0.256. The summed E-state index contributed by atoms with van der Waals surface area (Å²) in [5, 5.41) is 2.32. The van der Waals surface area contributed by atoms with Crippen LogP contribution in [0.3, 0.4) is 0 Å². The van der Waals surface area contributed by atoms with Crippen molar-refractivity contribution in [2.24, 2.45) is 16.9 Å². The van der Waals surface area contributed by atoms with Gasteiger partial charge in [-0.1, -0.05) is 72.8 Å². The summed E-state index contributed by atoms with van der Waals surface area (Å²) in [6, 6.07) is 15.7. The molecule has 3 atom stereocenters. The van der Waals surface area contributed by atoms with Crippen molar-refractivity contribution in [2.45, 2.75) is 18.5 Å². The number of Topliss-reactive ketones (excluding diaryl/α,β-unsaturated/α-hetero) is 1. The van der Waals surface area contributed by atoms with Gasteiger partial charge in [-0.05, 0) is 24.1 Å². The lowest BCUT2D eigenvalue weighted by atomic mass is 9.70. The van der Waals surface area contributed by atoms with Crippen molar-refractivity contribution in [1.82, 2.24) is 5.32 Å². The minimum Gasteiger partial charge on any atom is -0.323 e. The van der Waals surface area contributed by atoms with Crippen LogP contribution in [0, 0.1) is 5.41 Å². The molecule has 0 fully saturated rings. The van der Waals surface area contributed by atoms with Crippen LogP contribution in [-0.4, -0.2) is 29.7 Å². The van der Waals surface area contributed by atoms with Gasteiger partial charge in [-0.15, -0.1) is 0 Å². The highest BCUT2D eigenvalue weighted by Crippen LogP contribution is 2.31. The average molecular weight is 389 g/mol. The van der Waals surface area contributed by atoms with E-state index in [0.717, 1.165) is 5.56 Å². The number of carbonyl (C=O) groups excluding carboxylic acids is 3. The van der Waals surface area contributed by atoms with Crippen LogP contribution in [0.4, 0.5) is 0 Å². The van der Waals surface area contributed by atoms with Crippen molar-refractivity contribution in [2.75, 3.05) is 0 Å². The maximum atomic E-state index is 13.3. The summed E-state index contributed by atoms with van der Waals surface area (Å²) in [6.07, 6.45) is 6.47. The fourth-order valence-electron chi connectivity index (χ4n) is 3.38. The third kappa shape index (κ3) is 4.23. The first-order valence-electron chi connectivity index (χ1n) is 9.31. The SMILES string of the molecule is NC1C=CC=CC1(C(=O)NC(=O)c1ccccc1)C(=O)[C@@H](N)Cc1ccccc1. The summed E-state index contributed by atoms with van der Waals surface area (Å²) in [4.78, 5) is 38.9. The van der Waals surface area contributed by atoms with E-state index in [1.807, 2.05) is 30.3 Å². The molecule has 6 nitrogen and oxygen atoms in total. The van der Waals surface area contributed by atoms with Gasteiger partial charge in [0.25, 0.3) is 5.91 Å². The van der Waals surface area contributed by atoms with Gasteiger partial charge in [0.2, 0.25) is 5.91 Å². The monoisotopic (exact) mass is 389 g/mol. The number of benzene rings is 2. The van der Waals surface area contributed by atoms with Crippen LogP contribution in [0.5, 0.6) is 0 Å². The molecular weight excluding hydrogens is 366 g/mol. The van der Waals surface area contributed by atoms with Crippen molar-refractivity contribution in [3.05, 3.63) is 96.1 Å². The van der Waals surface area contributed by atoms with E-state index in [0.29, 0.717) is 5.56 Å². The maximum absolute atomic E-state index is 13.3. The number of nitrogens with one attached hydrogen (secondary N) is 1. The summed E-state index contributed by atoms with van der Waals surface area (Å²) in [5.74, 6) is -1.92. The van der Waals surface area contributed by atoms with Crippen LogP contribution in [0.1, 0.15) is 15.9 Å². The second-order valence-corrected chi connectivity index (χ2v) is 6.95. The number of rotatable bonds is 6. The predicted molar refractivity (Wildman–Crippen MR) is 111 cm³/mol. The van der Waals surface area contributed by atoms with Gasteiger partial charge in [-0.25, -0.2) is 0 Å². The zero-order chi connectivity index (χ0) is 20.9. The van der Waals surface area contributed by atoms with E-state index >= 15 is 0 Å². The molecule has 0 saturated carbocycles. The fourth-order valence-corrected chi connectivity index (χ4v) is 3.38. The number of amides is 2. The maximum Gasteiger partial charge on any atom is 0.257 e. The van der Waals surface area contributed by atoms with Gasteiger partial charge in [-0.3, -0.25) is 19.7 Å². The molecule has 3 rings (SSSR count). The van der Waals surface area contributed by atoms with E-state index < -0.39 is 35.1 Å². The number of ketones is 1. The lowest BCUT2D eigenvalue weighted by molar-refractivity contribution is -0.139. The number of allylic oxidation sites excluding steroid dienone is 2. The van der Waals surface area contributed by atoms with E-state index in [2.05, 4.69) is 5.32 Å². The van der Waals surface area contributed by atoms with Gasteiger partial charge in [0.1, 0.15) is 5.41 Å². The molecule has 0 heterocycles. The Balaban J connectivity index is 1.86. The number of nitrogens with two attached hydrogens (primary N) is 2. The molecule has 2 aromatic carbocycles. The third-order valence-corrected chi connectivity index (χ3v) is 5.00.